The highest BCUT2D eigenvalue weighted by molar-refractivity contribution is 5.98. The molecule has 3 rings (SSSR count). The van der Waals surface area contributed by atoms with Crippen molar-refractivity contribution in [3.05, 3.63) is 29.1 Å². The van der Waals surface area contributed by atoms with Crippen LogP contribution in [0.15, 0.2) is 12.1 Å². The summed E-state index contributed by atoms with van der Waals surface area (Å²) >= 11 is 0. The van der Waals surface area contributed by atoms with Gasteiger partial charge in [-0.2, -0.15) is 13.2 Å². The number of nitrogens with one attached hydrogen (secondary N) is 1. The molecule has 2 amide bonds. The minimum absolute atomic E-state index is 0.145. The van der Waals surface area contributed by atoms with Gasteiger partial charge in [0.15, 0.2) is 5.41 Å². The molecule has 2 heterocycles. The number of aliphatic carboxylic acids is 1. The van der Waals surface area contributed by atoms with Gasteiger partial charge in [0.2, 0.25) is 5.91 Å². The van der Waals surface area contributed by atoms with Gasteiger partial charge < -0.3 is 15.3 Å². The van der Waals surface area contributed by atoms with Crippen molar-refractivity contribution in [1.82, 2.24) is 4.90 Å². The maximum Gasteiger partial charge on any atom is 0.406 e. The first-order valence-electron chi connectivity index (χ1n) is 7.77. The lowest BCUT2D eigenvalue weighted by molar-refractivity contribution is -0.227. The van der Waals surface area contributed by atoms with E-state index in [4.69, 9.17) is 5.11 Å². The molecule has 0 radical (unpaired) electrons. The van der Waals surface area contributed by atoms with Gasteiger partial charge in [0.05, 0.1) is 5.56 Å². The number of amides is 2. The van der Waals surface area contributed by atoms with Crippen molar-refractivity contribution in [1.29, 1.82) is 0 Å². The van der Waals surface area contributed by atoms with Gasteiger partial charge in [-0.15, -0.1) is 0 Å². The van der Waals surface area contributed by atoms with Gasteiger partial charge in [-0.05, 0) is 30.5 Å². The number of halogens is 4. The number of nitrogens with zero attached hydrogens (tertiary/aromatic N) is 1. The number of hydrogen-bond donors (Lipinski definition) is 2. The molecule has 10 heteroatoms. The summed E-state index contributed by atoms with van der Waals surface area (Å²) < 4.78 is 53.9. The lowest BCUT2D eigenvalue weighted by atomic mass is 9.86. The number of carbonyl (C=O) groups is 3. The first-order valence-corrected chi connectivity index (χ1v) is 7.77. The van der Waals surface area contributed by atoms with Crippen LogP contribution in [-0.4, -0.2) is 47.1 Å². The number of aryl methyl sites for hydroxylation is 1. The Kier molecular flexibility index (Phi) is 4.16. The van der Waals surface area contributed by atoms with E-state index >= 15 is 0 Å². The van der Waals surface area contributed by atoms with Crippen LogP contribution in [0.4, 0.5) is 23.2 Å². The first kappa shape index (κ1) is 18.2. The molecule has 0 saturated carbocycles. The molecule has 1 atom stereocenters. The predicted molar refractivity (Wildman–Crippen MR) is 80.0 cm³/mol. The van der Waals surface area contributed by atoms with Crippen LogP contribution in [-0.2, 0) is 16.0 Å². The average Bonchev–Trinajstić information content (AvgIpc) is 3.00. The highest BCUT2D eigenvalue weighted by Gasteiger charge is 2.64. The van der Waals surface area contributed by atoms with Crippen molar-refractivity contribution < 1.29 is 37.1 Å². The van der Waals surface area contributed by atoms with Crippen molar-refractivity contribution in [2.75, 3.05) is 18.4 Å². The molecule has 0 aliphatic carbocycles. The van der Waals surface area contributed by atoms with Gasteiger partial charge in [-0.25, -0.2) is 4.39 Å². The zero-order valence-corrected chi connectivity index (χ0v) is 13.3. The normalized spacial score (nSPS) is 22.8. The maximum atomic E-state index is 14.3. The fraction of sp³-hybridized carbons (Fsp3) is 0.438. The van der Waals surface area contributed by atoms with Crippen molar-refractivity contribution in [2.45, 2.75) is 25.4 Å². The second-order valence-corrected chi connectivity index (χ2v) is 6.40. The van der Waals surface area contributed by atoms with Crippen LogP contribution in [0.25, 0.3) is 0 Å². The quantitative estimate of drug-likeness (QED) is 0.777. The number of benzene rings is 1. The molecule has 2 aliphatic rings. The summed E-state index contributed by atoms with van der Waals surface area (Å²) in [6.45, 7) is -1.52. The number of fused-ring (bicyclic) bond motifs is 1. The highest BCUT2D eigenvalue weighted by atomic mass is 19.4. The van der Waals surface area contributed by atoms with E-state index in [1.54, 1.807) is 0 Å². The third kappa shape index (κ3) is 2.78. The molecule has 1 aromatic rings. The number of carboxylic acid groups (broad SMARTS) is 1. The second-order valence-electron chi connectivity index (χ2n) is 6.40. The Balaban J connectivity index is 1.89. The Morgan fingerprint density at radius 2 is 1.92 bits per heavy atom. The number of alkyl halides is 3. The molecule has 0 aromatic heterocycles. The Labute approximate surface area is 144 Å². The number of carbonyl (C=O) groups excluding carboxylic acids is 2. The Hall–Kier alpha value is -2.65. The van der Waals surface area contributed by atoms with E-state index in [1.807, 2.05) is 0 Å². The summed E-state index contributed by atoms with van der Waals surface area (Å²) in [6, 6.07) is 2.14. The van der Waals surface area contributed by atoms with Crippen molar-refractivity contribution in [3.63, 3.8) is 0 Å². The van der Waals surface area contributed by atoms with Gasteiger partial charge in [-0.1, -0.05) is 0 Å². The Morgan fingerprint density at radius 1 is 1.23 bits per heavy atom. The summed E-state index contributed by atoms with van der Waals surface area (Å²) in [4.78, 5) is 35.7. The number of anilines is 1. The number of hydrogen-bond acceptors (Lipinski definition) is 3. The van der Waals surface area contributed by atoms with Crippen molar-refractivity contribution >= 4 is 23.5 Å². The van der Waals surface area contributed by atoms with Crippen molar-refractivity contribution in [2.24, 2.45) is 5.41 Å². The van der Waals surface area contributed by atoms with E-state index in [9.17, 15) is 31.9 Å². The van der Waals surface area contributed by atoms with Crippen LogP contribution in [0, 0.1) is 11.2 Å². The van der Waals surface area contributed by atoms with Crippen LogP contribution in [0.2, 0.25) is 0 Å². The van der Waals surface area contributed by atoms with Crippen LogP contribution in [0.5, 0.6) is 0 Å². The van der Waals surface area contributed by atoms with Crippen LogP contribution >= 0.6 is 0 Å². The third-order valence-electron chi connectivity index (χ3n) is 4.83. The summed E-state index contributed by atoms with van der Waals surface area (Å²) in [5, 5.41) is 11.5. The number of likely N-dealkylation sites (tertiary alicyclic amines) is 1. The predicted octanol–water partition coefficient (Wildman–Crippen LogP) is 2.19. The SMILES string of the molecule is O=C1CCc2cc(C(=O)N3CCC(C(=O)O)(C(F)(F)F)C3)c(F)cc2N1. The molecule has 1 saturated heterocycles. The van der Waals surface area contributed by atoms with Gasteiger partial charge in [0, 0.05) is 25.2 Å². The molecular weight excluding hydrogens is 360 g/mol. The van der Waals surface area contributed by atoms with E-state index < -0.39 is 54.4 Å². The minimum atomic E-state index is -5.04. The molecule has 2 aliphatic heterocycles. The first-order chi connectivity index (χ1) is 12.0. The Morgan fingerprint density at radius 3 is 2.50 bits per heavy atom. The summed E-state index contributed by atoms with van der Waals surface area (Å²) in [7, 11) is 0. The number of rotatable bonds is 2. The minimum Gasteiger partial charge on any atom is -0.481 e. The van der Waals surface area contributed by atoms with Gasteiger partial charge in [0.25, 0.3) is 5.91 Å². The van der Waals surface area contributed by atoms with Gasteiger partial charge >= 0.3 is 12.1 Å². The van der Waals surface area contributed by atoms with E-state index in [2.05, 4.69) is 5.32 Å². The average molecular weight is 374 g/mol. The fourth-order valence-corrected chi connectivity index (χ4v) is 3.25. The largest absolute Gasteiger partial charge is 0.481 e. The van der Waals surface area contributed by atoms with E-state index in [0.29, 0.717) is 10.5 Å². The number of carboxylic acids is 1. The molecule has 26 heavy (non-hydrogen) atoms. The highest BCUT2D eigenvalue weighted by Crippen LogP contribution is 2.46. The smallest absolute Gasteiger partial charge is 0.406 e. The molecule has 6 nitrogen and oxygen atoms in total. The molecule has 0 bridgehead atoms. The van der Waals surface area contributed by atoms with Crippen LogP contribution < -0.4 is 5.32 Å². The fourth-order valence-electron chi connectivity index (χ4n) is 3.25. The molecule has 1 fully saturated rings. The van der Waals surface area contributed by atoms with Crippen LogP contribution in [0.1, 0.15) is 28.8 Å². The molecule has 1 unspecified atom stereocenters. The monoisotopic (exact) mass is 374 g/mol. The molecule has 0 spiro atoms. The van der Waals surface area contributed by atoms with E-state index in [0.717, 1.165) is 6.07 Å². The summed E-state index contributed by atoms with van der Waals surface area (Å²) in [5.41, 5.74) is -2.79. The standard InChI is InChI=1S/C16H14F4N2O4/c17-10-6-11-8(1-2-12(23)21-11)5-9(10)13(24)22-4-3-15(7-22,14(25)26)16(18,19)20/h5-6H,1-4,7H2,(H,21,23)(H,25,26). The zero-order valence-electron chi connectivity index (χ0n) is 13.3. The molecule has 1 aromatic carbocycles. The van der Waals surface area contributed by atoms with E-state index in [1.165, 1.54) is 6.07 Å². The zero-order chi connectivity index (χ0) is 19.3. The maximum absolute atomic E-state index is 14.3. The second kappa shape index (κ2) is 5.96. The molecule has 140 valence electrons. The van der Waals surface area contributed by atoms with Gasteiger partial charge in [0.1, 0.15) is 5.82 Å². The summed E-state index contributed by atoms with van der Waals surface area (Å²) in [5.74, 6) is -4.36. The van der Waals surface area contributed by atoms with Crippen molar-refractivity contribution in [3.8, 4) is 0 Å². The van der Waals surface area contributed by atoms with E-state index in [-0.39, 0.29) is 24.4 Å². The molecular formula is C16H14F4N2O4. The lowest BCUT2D eigenvalue weighted by Crippen LogP contribution is -2.47. The Bertz CT molecular complexity index is 808. The van der Waals surface area contributed by atoms with Crippen LogP contribution in [0.3, 0.4) is 0 Å². The van der Waals surface area contributed by atoms with Gasteiger partial charge in [-0.3, -0.25) is 14.4 Å². The lowest BCUT2D eigenvalue weighted by Gasteiger charge is -2.27. The molecule has 2 N–H and O–H groups in total. The topological polar surface area (TPSA) is 86.7 Å². The third-order valence-corrected chi connectivity index (χ3v) is 4.83. The summed E-state index contributed by atoms with van der Waals surface area (Å²) in [6.07, 6.45) is -5.41.